The van der Waals surface area contributed by atoms with E-state index >= 15 is 0 Å². The third-order valence-electron chi connectivity index (χ3n) is 3.65. The van der Waals surface area contributed by atoms with Crippen LogP contribution in [0.25, 0.3) is 5.69 Å². The lowest BCUT2D eigenvalue weighted by atomic mass is 10.2. The summed E-state index contributed by atoms with van der Waals surface area (Å²) in [4.78, 5) is 12.3. The first-order valence-corrected chi connectivity index (χ1v) is 7.80. The number of nitrogens with one attached hydrogen (secondary N) is 2. The quantitative estimate of drug-likeness (QED) is 0.778. The maximum Gasteiger partial charge on any atom is 0.253 e. The minimum atomic E-state index is -0.0237. The second-order valence-electron chi connectivity index (χ2n) is 5.31. The molecule has 0 atom stereocenters. The highest BCUT2D eigenvalue weighted by Gasteiger charge is 2.16. The largest absolute Gasteiger partial charge is 0.352 e. The number of rotatable bonds is 6. The first-order valence-electron chi connectivity index (χ1n) is 7.42. The maximum atomic E-state index is 12.3. The van der Waals surface area contributed by atoms with Crippen LogP contribution in [0.5, 0.6) is 0 Å². The molecule has 1 aromatic carbocycles. The van der Waals surface area contributed by atoms with Crippen molar-refractivity contribution in [1.82, 2.24) is 15.2 Å². The summed E-state index contributed by atoms with van der Waals surface area (Å²) in [5.74, 6) is -0.0237. The van der Waals surface area contributed by atoms with E-state index in [1.165, 1.54) is 0 Å². The lowest BCUT2D eigenvalue weighted by molar-refractivity contribution is 0.0952. The van der Waals surface area contributed by atoms with E-state index in [9.17, 15) is 4.79 Å². The Morgan fingerprint density at radius 2 is 1.83 bits per heavy atom. The van der Waals surface area contributed by atoms with Crippen molar-refractivity contribution in [1.29, 1.82) is 0 Å². The summed E-state index contributed by atoms with van der Waals surface area (Å²) < 4.78 is 2.07. The van der Waals surface area contributed by atoms with Gasteiger partial charge in [0.05, 0.1) is 5.56 Å². The van der Waals surface area contributed by atoms with Gasteiger partial charge in [0.25, 0.3) is 5.91 Å². The van der Waals surface area contributed by atoms with Crippen molar-refractivity contribution in [3.8, 4) is 5.69 Å². The first kappa shape index (κ1) is 19.6. The van der Waals surface area contributed by atoms with Gasteiger partial charge in [0.1, 0.15) is 0 Å². The lowest BCUT2D eigenvalue weighted by Gasteiger charge is -2.10. The molecule has 23 heavy (non-hydrogen) atoms. The van der Waals surface area contributed by atoms with Crippen molar-refractivity contribution in [3.63, 3.8) is 0 Å². The summed E-state index contributed by atoms with van der Waals surface area (Å²) in [6.45, 7) is 5.53. The smallest absolute Gasteiger partial charge is 0.253 e. The highest BCUT2D eigenvalue weighted by Crippen LogP contribution is 2.22. The Kier molecular flexibility index (Phi) is 7.62. The van der Waals surface area contributed by atoms with Crippen molar-refractivity contribution in [3.05, 3.63) is 52.3 Å². The van der Waals surface area contributed by atoms with Crippen LogP contribution in [0, 0.1) is 13.8 Å². The Morgan fingerprint density at radius 1 is 1.17 bits per heavy atom. The standard InChI is InChI=1S/C17H22ClN3O.ClH/c1-12-11-16(17(22)20-10-4-9-19-3)13(2)21(12)15-7-5-14(18)6-8-15;/h5-8,11,19H,4,9-10H2,1-3H3,(H,20,22);1H. The first-order chi connectivity index (χ1) is 10.5. The summed E-state index contributed by atoms with van der Waals surface area (Å²) in [5.41, 5.74) is 3.69. The number of nitrogens with zero attached hydrogens (tertiary/aromatic N) is 1. The van der Waals surface area contributed by atoms with Gasteiger partial charge in [-0.05, 0) is 64.2 Å². The van der Waals surface area contributed by atoms with Crippen LogP contribution in [-0.2, 0) is 0 Å². The van der Waals surface area contributed by atoms with Crippen LogP contribution < -0.4 is 10.6 Å². The normalized spacial score (nSPS) is 10.3. The fraction of sp³-hybridized carbons (Fsp3) is 0.353. The molecule has 0 fully saturated rings. The Morgan fingerprint density at radius 3 is 2.43 bits per heavy atom. The molecule has 0 aliphatic rings. The number of halogens is 2. The van der Waals surface area contributed by atoms with Crippen LogP contribution in [0.3, 0.4) is 0 Å². The molecule has 1 heterocycles. The maximum absolute atomic E-state index is 12.3. The molecule has 0 unspecified atom stereocenters. The number of benzene rings is 1. The average molecular weight is 356 g/mol. The topological polar surface area (TPSA) is 46.1 Å². The number of hydrogen-bond acceptors (Lipinski definition) is 2. The second-order valence-corrected chi connectivity index (χ2v) is 5.75. The van der Waals surface area contributed by atoms with Gasteiger partial charge in [0.15, 0.2) is 0 Å². The van der Waals surface area contributed by atoms with E-state index in [0.29, 0.717) is 11.6 Å². The molecule has 1 amide bonds. The lowest BCUT2D eigenvalue weighted by Crippen LogP contribution is -2.26. The Bertz CT molecular complexity index is 651. The van der Waals surface area contributed by atoms with Crippen LogP contribution in [0.2, 0.25) is 5.02 Å². The van der Waals surface area contributed by atoms with E-state index in [0.717, 1.165) is 35.6 Å². The van der Waals surface area contributed by atoms with E-state index in [4.69, 9.17) is 11.6 Å². The zero-order valence-electron chi connectivity index (χ0n) is 13.6. The van der Waals surface area contributed by atoms with E-state index < -0.39 is 0 Å². The van der Waals surface area contributed by atoms with Gasteiger partial charge in [-0.1, -0.05) is 11.6 Å². The van der Waals surface area contributed by atoms with E-state index in [1.807, 2.05) is 51.2 Å². The third-order valence-corrected chi connectivity index (χ3v) is 3.90. The molecule has 1 aromatic heterocycles. The molecule has 2 rings (SSSR count). The van der Waals surface area contributed by atoms with Crippen LogP contribution >= 0.6 is 24.0 Å². The van der Waals surface area contributed by atoms with Crippen LogP contribution in [-0.4, -0.2) is 30.6 Å². The predicted molar refractivity (Wildman–Crippen MR) is 98.4 cm³/mol. The molecule has 0 bridgehead atoms. The molecule has 2 aromatic rings. The highest BCUT2D eigenvalue weighted by molar-refractivity contribution is 6.30. The summed E-state index contributed by atoms with van der Waals surface area (Å²) in [6.07, 6.45) is 0.915. The van der Waals surface area contributed by atoms with Gasteiger partial charge < -0.3 is 15.2 Å². The number of carbonyl (C=O) groups is 1. The van der Waals surface area contributed by atoms with E-state index in [-0.39, 0.29) is 18.3 Å². The van der Waals surface area contributed by atoms with Crippen LogP contribution in [0.15, 0.2) is 30.3 Å². The molecule has 0 radical (unpaired) electrons. The van der Waals surface area contributed by atoms with Crippen molar-refractivity contribution in [2.24, 2.45) is 0 Å². The Hall–Kier alpha value is -1.49. The molecule has 6 heteroatoms. The second kappa shape index (κ2) is 8.96. The van der Waals surface area contributed by atoms with Crippen LogP contribution in [0.4, 0.5) is 0 Å². The average Bonchev–Trinajstić information content (AvgIpc) is 2.80. The summed E-state index contributed by atoms with van der Waals surface area (Å²) in [5, 5.41) is 6.73. The Balaban J connectivity index is 0.00000264. The van der Waals surface area contributed by atoms with Gasteiger partial charge in [-0.3, -0.25) is 4.79 Å². The van der Waals surface area contributed by atoms with Gasteiger partial charge in [0.2, 0.25) is 0 Å². The molecular weight excluding hydrogens is 333 g/mol. The molecule has 0 aliphatic heterocycles. The molecule has 0 aliphatic carbocycles. The van der Waals surface area contributed by atoms with E-state index in [1.54, 1.807) is 0 Å². The summed E-state index contributed by atoms with van der Waals surface area (Å²) in [6, 6.07) is 9.55. The van der Waals surface area contributed by atoms with Crippen molar-refractivity contribution in [2.75, 3.05) is 20.1 Å². The third kappa shape index (κ3) is 4.74. The Labute approximate surface area is 148 Å². The summed E-state index contributed by atoms with van der Waals surface area (Å²) in [7, 11) is 1.90. The zero-order valence-corrected chi connectivity index (χ0v) is 15.2. The number of aryl methyl sites for hydroxylation is 1. The molecule has 0 saturated carbocycles. The molecule has 126 valence electrons. The molecule has 4 nitrogen and oxygen atoms in total. The number of carbonyl (C=O) groups excluding carboxylic acids is 1. The van der Waals surface area contributed by atoms with Crippen molar-refractivity contribution in [2.45, 2.75) is 20.3 Å². The minimum absolute atomic E-state index is 0. The van der Waals surface area contributed by atoms with Gasteiger partial charge >= 0.3 is 0 Å². The van der Waals surface area contributed by atoms with Gasteiger partial charge in [-0.15, -0.1) is 12.4 Å². The predicted octanol–water partition coefficient (Wildman–Crippen LogP) is 3.51. The molecular formula is C17H23Cl2N3O. The van der Waals surface area contributed by atoms with Gasteiger partial charge in [-0.25, -0.2) is 0 Å². The molecule has 0 saturated heterocycles. The molecule has 0 spiro atoms. The SMILES string of the molecule is CNCCCNC(=O)c1cc(C)n(-c2ccc(Cl)cc2)c1C.Cl. The zero-order chi connectivity index (χ0) is 16.1. The number of hydrogen-bond donors (Lipinski definition) is 2. The molecule has 2 N–H and O–H groups in total. The van der Waals surface area contributed by atoms with Gasteiger partial charge in [-0.2, -0.15) is 0 Å². The summed E-state index contributed by atoms with van der Waals surface area (Å²) >= 11 is 5.94. The van der Waals surface area contributed by atoms with Crippen molar-refractivity contribution >= 4 is 29.9 Å². The van der Waals surface area contributed by atoms with Gasteiger partial charge in [0, 0.05) is 28.6 Å². The monoisotopic (exact) mass is 355 g/mol. The van der Waals surface area contributed by atoms with E-state index in [2.05, 4.69) is 15.2 Å². The fourth-order valence-corrected chi connectivity index (χ4v) is 2.67. The van der Waals surface area contributed by atoms with Crippen LogP contribution in [0.1, 0.15) is 28.2 Å². The van der Waals surface area contributed by atoms with Crippen molar-refractivity contribution < 1.29 is 4.79 Å². The number of aromatic nitrogens is 1. The highest BCUT2D eigenvalue weighted by atomic mass is 35.5. The number of amides is 1. The fourth-order valence-electron chi connectivity index (χ4n) is 2.54. The minimum Gasteiger partial charge on any atom is -0.352 e.